The zero-order valence-electron chi connectivity index (χ0n) is 20.7. The first-order valence-corrected chi connectivity index (χ1v) is 13.2. The Morgan fingerprint density at radius 1 is 1.11 bits per heavy atom. The van der Waals surface area contributed by atoms with Crippen molar-refractivity contribution >= 4 is 34.2 Å². The van der Waals surface area contributed by atoms with E-state index in [1.807, 2.05) is 49.4 Å². The molecule has 3 fully saturated rings. The third-order valence-corrected chi connectivity index (χ3v) is 7.97. The summed E-state index contributed by atoms with van der Waals surface area (Å²) in [5.74, 6) is -1.83. The first kappa shape index (κ1) is 24.7. The smallest absolute Gasteiger partial charge is 0.250 e. The molecule has 2 unspecified atom stereocenters. The second-order valence-electron chi connectivity index (χ2n) is 10.2. The lowest BCUT2D eigenvalue weighted by Crippen LogP contribution is -2.53. The lowest BCUT2D eigenvalue weighted by molar-refractivity contribution is -0.140. The van der Waals surface area contributed by atoms with Crippen molar-refractivity contribution in [1.29, 1.82) is 0 Å². The van der Waals surface area contributed by atoms with Crippen molar-refractivity contribution in [3.05, 3.63) is 42.5 Å². The fraction of sp³-hybridized carbons (Fsp3) is 0.536. The molecule has 36 heavy (non-hydrogen) atoms. The van der Waals surface area contributed by atoms with E-state index in [1.165, 1.54) is 0 Å². The van der Waals surface area contributed by atoms with Crippen molar-refractivity contribution in [1.82, 2.24) is 10.2 Å². The highest BCUT2D eigenvalue weighted by Crippen LogP contribution is 2.58. The van der Waals surface area contributed by atoms with Gasteiger partial charge in [0.05, 0.1) is 17.9 Å². The third kappa shape index (κ3) is 4.16. The van der Waals surface area contributed by atoms with Gasteiger partial charge >= 0.3 is 0 Å². The number of benzene rings is 2. The Bertz CT molecular complexity index is 1150. The van der Waals surface area contributed by atoms with Gasteiger partial charge in [-0.25, -0.2) is 0 Å². The lowest BCUT2D eigenvalue weighted by atomic mass is 9.70. The van der Waals surface area contributed by atoms with Gasteiger partial charge in [-0.05, 0) is 61.4 Å². The standard InChI is InChI=1S/C28H35N3O5/c1-2-14-29-25(33)22-21-12-13-28(36-21)23(22)27(35)31(15-6-3-7-16-32)24(28)26(34)30-20-11-10-18-8-4-5-9-19(18)17-20/h4-5,8-11,17,21-24,32H,2-3,6-7,12-16H2,1H3,(H,29,33)(H,30,34)/t21-,22+,23-,24?,28?/m0/s1. The predicted molar refractivity (Wildman–Crippen MR) is 136 cm³/mol. The summed E-state index contributed by atoms with van der Waals surface area (Å²) in [5, 5.41) is 17.2. The molecule has 0 aliphatic carbocycles. The minimum Gasteiger partial charge on any atom is -0.396 e. The second kappa shape index (κ2) is 10.2. The molecule has 2 bridgehead atoms. The first-order valence-electron chi connectivity index (χ1n) is 13.2. The Morgan fingerprint density at radius 2 is 1.92 bits per heavy atom. The summed E-state index contributed by atoms with van der Waals surface area (Å²) in [7, 11) is 0. The van der Waals surface area contributed by atoms with Crippen LogP contribution in [0.5, 0.6) is 0 Å². The molecule has 3 heterocycles. The monoisotopic (exact) mass is 493 g/mol. The molecule has 8 nitrogen and oxygen atoms in total. The van der Waals surface area contributed by atoms with Crippen LogP contribution in [0, 0.1) is 11.8 Å². The van der Waals surface area contributed by atoms with Crippen LogP contribution in [0.3, 0.4) is 0 Å². The van der Waals surface area contributed by atoms with E-state index < -0.39 is 23.5 Å². The van der Waals surface area contributed by atoms with E-state index in [9.17, 15) is 14.4 Å². The molecular weight excluding hydrogens is 458 g/mol. The number of aliphatic hydroxyl groups excluding tert-OH is 1. The van der Waals surface area contributed by atoms with Crippen LogP contribution in [-0.4, -0.2) is 65.2 Å². The predicted octanol–water partition coefficient (Wildman–Crippen LogP) is 2.84. The zero-order chi connectivity index (χ0) is 25.3. The molecule has 0 saturated carbocycles. The van der Waals surface area contributed by atoms with Gasteiger partial charge in [0.2, 0.25) is 17.7 Å². The molecule has 0 aromatic heterocycles. The number of aliphatic hydroxyl groups is 1. The van der Waals surface area contributed by atoms with Crippen molar-refractivity contribution in [3.8, 4) is 0 Å². The first-order chi connectivity index (χ1) is 17.5. The largest absolute Gasteiger partial charge is 0.396 e. The minimum atomic E-state index is -0.992. The van der Waals surface area contributed by atoms with Crippen LogP contribution < -0.4 is 10.6 Å². The summed E-state index contributed by atoms with van der Waals surface area (Å²) < 4.78 is 6.44. The highest BCUT2D eigenvalue weighted by atomic mass is 16.5. The number of unbranched alkanes of at least 4 members (excludes halogenated alkanes) is 2. The maximum absolute atomic E-state index is 13.8. The van der Waals surface area contributed by atoms with Gasteiger partial charge in [0.1, 0.15) is 11.6 Å². The van der Waals surface area contributed by atoms with Crippen molar-refractivity contribution in [3.63, 3.8) is 0 Å². The molecular formula is C28H35N3O5. The van der Waals surface area contributed by atoms with E-state index in [4.69, 9.17) is 9.84 Å². The van der Waals surface area contributed by atoms with Crippen LogP contribution in [-0.2, 0) is 19.1 Å². The average Bonchev–Trinajstić information content (AvgIpc) is 3.52. The fourth-order valence-corrected chi connectivity index (χ4v) is 6.41. The van der Waals surface area contributed by atoms with Crippen LogP contribution in [0.15, 0.2) is 42.5 Å². The van der Waals surface area contributed by atoms with E-state index >= 15 is 0 Å². The topological polar surface area (TPSA) is 108 Å². The van der Waals surface area contributed by atoms with Crippen LogP contribution >= 0.6 is 0 Å². The number of nitrogens with one attached hydrogen (secondary N) is 2. The number of rotatable bonds is 10. The van der Waals surface area contributed by atoms with Gasteiger partial charge in [-0.2, -0.15) is 0 Å². The number of anilines is 1. The number of carbonyl (C=O) groups excluding carboxylic acids is 3. The Balaban J connectivity index is 1.44. The Labute approximate surface area is 211 Å². The third-order valence-electron chi connectivity index (χ3n) is 7.97. The minimum absolute atomic E-state index is 0.0941. The molecule has 2 aromatic carbocycles. The van der Waals surface area contributed by atoms with Gasteiger partial charge in [-0.3, -0.25) is 14.4 Å². The summed E-state index contributed by atoms with van der Waals surface area (Å²) in [6.07, 6.45) is 3.77. The summed E-state index contributed by atoms with van der Waals surface area (Å²) in [5.41, 5.74) is -0.329. The molecule has 5 rings (SSSR count). The number of fused-ring (bicyclic) bond motifs is 2. The van der Waals surface area contributed by atoms with Crippen molar-refractivity contribution in [2.24, 2.45) is 11.8 Å². The van der Waals surface area contributed by atoms with Gasteiger partial charge in [-0.15, -0.1) is 0 Å². The molecule has 192 valence electrons. The lowest BCUT2D eigenvalue weighted by Gasteiger charge is -2.33. The Morgan fingerprint density at radius 3 is 2.69 bits per heavy atom. The van der Waals surface area contributed by atoms with Gasteiger partial charge in [0.15, 0.2) is 0 Å². The molecule has 1 spiro atoms. The zero-order valence-corrected chi connectivity index (χ0v) is 20.7. The van der Waals surface area contributed by atoms with Crippen molar-refractivity contribution < 1.29 is 24.2 Å². The second-order valence-corrected chi connectivity index (χ2v) is 10.2. The highest BCUT2D eigenvalue weighted by molar-refractivity contribution is 6.04. The SMILES string of the molecule is CCCNC(=O)[C@@H]1[C@@H]2CCC3(O2)C(C(=O)Nc2ccc4ccccc4c2)N(CCCCCO)C(=O)[C@H]13. The molecule has 5 atom stereocenters. The fourth-order valence-electron chi connectivity index (χ4n) is 6.41. The molecule has 8 heteroatoms. The van der Waals surface area contributed by atoms with E-state index in [-0.39, 0.29) is 30.4 Å². The van der Waals surface area contributed by atoms with E-state index in [0.717, 1.165) is 23.6 Å². The van der Waals surface area contributed by atoms with Crippen LogP contribution in [0.2, 0.25) is 0 Å². The summed E-state index contributed by atoms with van der Waals surface area (Å²) in [6.45, 7) is 3.02. The number of likely N-dealkylation sites (tertiary alicyclic amines) is 1. The number of amides is 3. The van der Waals surface area contributed by atoms with Crippen LogP contribution in [0.4, 0.5) is 5.69 Å². The van der Waals surface area contributed by atoms with Gasteiger partial charge in [-0.1, -0.05) is 37.3 Å². The quantitative estimate of drug-likeness (QED) is 0.441. The Hall–Kier alpha value is -2.97. The normalized spacial score (nSPS) is 28.5. The maximum Gasteiger partial charge on any atom is 0.250 e. The van der Waals surface area contributed by atoms with E-state index in [0.29, 0.717) is 44.5 Å². The Kier molecular flexibility index (Phi) is 6.99. The summed E-state index contributed by atoms with van der Waals surface area (Å²) in [6, 6.07) is 12.9. The van der Waals surface area contributed by atoms with Crippen LogP contribution in [0.25, 0.3) is 10.8 Å². The molecule has 3 saturated heterocycles. The number of hydrogen-bond acceptors (Lipinski definition) is 5. The molecule has 0 radical (unpaired) electrons. The molecule has 2 aromatic rings. The van der Waals surface area contributed by atoms with E-state index in [2.05, 4.69) is 10.6 Å². The molecule has 3 amide bonds. The summed E-state index contributed by atoms with van der Waals surface area (Å²) in [4.78, 5) is 42.4. The maximum atomic E-state index is 13.8. The number of nitrogens with zero attached hydrogens (tertiary/aromatic N) is 1. The number of ether oxygens (including phenoxy) is 1. The summed E-state index contributed by atoms with van der Waals surface area (Å²) >= 11 is 0. The number of hydrogen-bond donors (Lipinski definition) is 3. The highest BCUT2D eigenvalue weighted by Gasteiger charge is 2.74. The molecule has 3 aliphatic rings. The average molecular weight is 494 g/mol. The van der Waals surface area contributed by atoms with Crippen molar-refractivity contribution in [2.75, 3.05) is 25.0 Å². The van der Waals surface area contributed by atoms with Gasteiger partial charge in [0, 0.05) is 25.4 Å². The van der Waals surface area contributed by atoms with Gasteiger partial charge in [0.25, 0.3) is 0 Å². The molecule has 3 aliphatic heterocycles. The van der Waals surface area contributed by atoms with E-state index in [1.54, 1.807) is 4.90 Å². The molecule has 3 N–H and O–H groups in total. The van der Waals surface area contributed by atoms with Crippen LogP contribution in [0.1, 0.15) is 45.4 Å². The number of carbonyl (C=O) groups is 3. The van der Waals surface area contributed by atoms with Crippen molar-refractivity contribution in [2.45, 2.75) is 63.2 Å². The van der Waals surface area contributed by atoms with Gasteiger partial charge < -0.3 is 25.4 Å².